The van der Waals surface area contributed by atoms with Crippen molar-refractivity contribution in [1.29, 1.82) is 5.26 Å². The van der Waals surface area contributed by atoms with Crippen molar-refractivity contribution in [3.05, 3.63) is 47.3 Å². The predicted molar refractivity (Wildman–Crippen MR) is 83.0 cm³/mol. The molecule has 2 aromatic rings. The van der Waals surface area contributed by atoms with Crippen LogP contribution in [0.4, 0.5) is 11.6 Å². The molecule has 0 atom stereocenters. The van der Waals surface area contributed by atoms with Crippen LogP contribution in [-0.4, -0.2) is 15.8 Å². The third-order valence-electron chi connectivity index (χ3n) is 3.70. The number of hydrogen-bond acceptors (Lipinski definition) is 5. The summed E-state index contributed by atoms with van der Waals surface area (Å²) in [7, 11) is 0. The first kappa shape index (κ1) is 14.2. The third kappa shape index (κ3) is 3.12. The Morgan fingerprint density at radius 1 is 1.27 bits per heavy atom. The fourth-order valence-electron chi connectivity index (χ4n) is 2.59. The third-order valence-corrected chi connectivity index (χ3v) is 3.70. The number of fused-ring (bicyclic) bond motifs is 1. The van der Waals surface area contributed by atoms with Crippen LogP contribution in [0.25, 0.3) is 0 Å². The van der Waals surface area contributed by atoms with Crippen molar-refractivity contribution in [2.24, 2.45) is 0 Å². The van der Waals surface area contributed by atoms with Crippen LogP contribution in [0, 0.1) is 11.3 Å². The van der Waals surface area contributed by atoms with Gasteiger partial charge in [-0.25, -0.2) is 9.97 Å². The summed E-state index contributed by atoms with van der Waals surface area (Å²) in [6, 6.07) is 9.74. The van der Waals surface area contributed by atoms with Crippen molar-refractivity contribution in [2.75, 3.05) is 5.32 Å². The molecule has 1 aromatic heterocycles. The summed E-state index contributed by atoms with van der Waals surface area (Å²) in [4.78, 5) is 20.7. The van der Waals surface area contributed by atoms with Crippen molar-refractivity contribution < 1.29 is 4.79 Å². The van der Waals surface area contributed by atoms with Gasteiger partial charge in [-0.3, -0.25) is 4.79 Å². The Morgan fingerprint density at radius 3 is 3.00 bits per heavy atom. The smallest absolute Gasteiger partial charge is 0.227 e. The van der Waals surface area contributed by atoms with E-state index in [2.05, 4.69) is 21.4 Å². The van der Waals surface area contributed by atoms with E-state index in [4.69, 9.17) is 5.26 Å². The highest BCUT2D eigenvalue weighted by Gasteiger charge is 2.17. The normalized spacial score (nSPS) is 13.9. The monoisotopic (exact) mass is 292 g/mol. The first-order chi connectivity index (χ1) is 10.8. The Morgan fingerprint density at radius 2 is 2.14 bits per heavy atom. The average Bonchev–Trinajstić information content (AvgIpc) is 2.70. The molecule has 0 saturated carbocycles. The summed E-state index contributed by atoms with van der Waals surface area (Å²) in [5, 5.41) is 11.9. The molecule has 0 unspecified atom stereocenters. The number of hydrogen-bond donors (Lipinski definition) is 1. The lowest BCUT2D eigenvalue weighted by molar-refractivity contribution is 0.0981. The fraction of sp³-hybridized carbons (Fsp3) is 0.294. The maximum atomic E-state index is 12.0. The van der Waals surface area contributed by atoms with Crippen LogP contribution in [0.15, 0.2) is 30.5 Å². The Hall–Kier alpha value is -2.74. The fourth-order valence-corrected chi connectivity index (χ4v) is 2.59. The summed E-state index contributed by atoms with van der Waals surface area (Å²) >= 11 is 0. The van der Waals surface area contributed by atoms with E-state index < -0.39 is 0 Å². The number of aryl methyl sites for hydroxylation is 1. The summed E-state index contributed by atoms with van der Waals surface area (Å²) < 4.78 is 0. The van der Waals surface area contributed by atoms with Crippen molar-refractivity contribution in [3.8, 4) is 6.07 Å². The van der Waals surface area contributed by atoms with E-state index in [1.807, 2.05) is 24.3 Å². The highest BCUT2D eigenvalue weighted by molar-refractivity contribution is 5.97. The zero-order valence-electron chi connectivity index (χ0n) is 12.2. The number of nitrogens with one attached hydrogen (secondary N) is 1. The van der Waals surface area contributed by atoms with E-state index in [1.165, 1.54) is 0 Å². The molecule has 0 aliphatic heterocycles. The standard InChI is InChI=1S/C17H16N4O/c18-9-8-12-4-3-5-13(10-12)20-17-19-11-14-15(21-17)6-1-2-7-16(14)22/h3-5,10-11H,1-2,6-8H2,(H,19,20,21). The number of rotatable bonds is 3. The van der Waals surface area contributed by atoms with Gasteiger partial charge in [-0.2, -0.15) is 5.26 Å². The molecule has 0 bridgehead atoms. The number of nitrogens with zero attached hydrogens (tertiary/aromatic N) is 3. The number of ketones is 1. The van der Waals surface area contributed by atoms with Crippen LogP contribution >= 0.6 is 0 Å². The molecule has 1 aromatic carbocycles. The van der Waals surface area contributed by atoms with E-state index in [9.17, 15) is 4.79 Å². The Kier molecular flexibility index (Phi) is 4.10. The number of nitriles is 1. The molecular weight excluding hydrogens is 276 g/mol. The Balaban J connectivity index is 1.84. The van der Waals surface area contributed by atoms with Crippen molar-refractivity contribution in [1.82, 2.24) is 9.97 Å². The van der Waals surface area contributed by atoms with E-state index in [0.717, 1.165) is 36.2 Å². The molecule has 1 aliphatic rings. The molecule has 5 heteroatoms. The molecule has 1 aliphatic carbocycles. The molecule has 1 heterocycles. The van der Waals surface area contributed by atoms with Crippen molar-refractivity contribution in [3.63, 3.8) is 0 Å². The van der Waals surface area contributed by atoms with Gasteiger partial charge in [0.05, 0.1) is 23.7 Å². The van der Waals surface area contributed by atoms with E-state index in [-0.39, 0.29) is 5.78 Å². The summed E-state index contributed by atoms with van der Waals surface area (Å²) in [6.07, 6.45) is 5.28. The first-order valence-electron chi connectivity index (χ1n) is 7.38. The molecule has 0 radical (unpaired) electrons. The number of aromatic nitrogens is 2. The van der Waals surface area contributed by atoms with Crippen LogP contribution in [0.2, 0.25) is 0 Å². The highest BCUT2D eigenvalue weighted by atomic mass is 16.1. The maximum Gasteiger partial charge on any atom is 0.227 e. The molecule has 5 nitrogen and oxygen atoms in total. The molecule has 0 spiro atoms. The van der Waals surface area contributed by atoms with Crippen LogP contribution in [0.5, 0.6) is 0 Å². The van der Waals surface area contributed by atoms with E-state index in [1.54, 1.807) is 6.20 Å². The number of benzene rings is 1. The topological polar surface area (TPSA) is 78.7 Å². The van der Waals surface area contributed by atoms with E-state index in [0.29, 0.717) is 24.4 Å². The highest BCUT2D eigenvalue weighted by Crippen LogP contribution is 2.21. The predicted octanol–water partition coefficient (Wildman–Crippen LogP) is 3.20. The minimum atomic E-state index is 0.134. The van der Waals surface area contributed by atoms with Crippen molar-refractivity contribution in [2.45, 2.75) is 32.1 Å². The maximum absolute atomic E-state index is 12.0. The molecule has 0 amide bonds. The number of anilines is 2. The van der Waals surface area contributed by atoms with Gasteiger partial charge < -0.3 is 5.32 Å². The van der Waals surface area contributed by atoms with Crippen molar-refractivity contribution >= 4 is 17.4 Å². The van der Waals surface area contributed by atoms with Gasteiger partial charge in [-0.15, -0.1) is 0 Å². The quantitative estimate of drug-likeness (QED) is 0.879. The van der Waals surface area contributed by atoms with Crippen LogP contribution in [0.3, 0.4) is 0 Å². The van der Waals surface area contributed by atoms with E-state index >= 15 is 0 Å². The summed E-state index contributed by atoms with van der Waals surface area (Å²) in [6.45, 7) is 0. The molecular formula is C17H16N4O. The zero-order valence-corrected chi connectivity index (χ0v) is 12.2. The summed E-state index contributed by atoms with van der Waals surface area (Å²) in [5.41, 5.74) is 3.26. The second kappa shape index (κ2) is 6.35. The first-order valence-corrected chi connectivity index (χ1v) is 7.38. The molecule has 3 rings (SSSR count). The number of Topliss-reactive ketones (excluding diaryl/α,β-unsaturated/α-hetero) is 1. The zero-order chi connectivity index (χ0) is 15.4. The van der Waals surface area contributed by atoms with Crippen LogP contribution in [-0.2, 0) is 12.8 Å². The second-order valence-electron chi connectivity index (χ2n) is 5.34. The van der Waals surface area contributed by atoms with Crippen LogP contribution < -0.4 is 5.32 Å². The largest absolute Gasteiger partial charge is 0.324 e. The van der Waals surface area contributed by atoms with Gasteiger partial charge in [0.2, 0.25) is 5.95 Å². The lowest BCUT2D eigenvalue weighted by atomic mass is 10.1. The van der Waals surface area contributed by atoms with Gasteiger partial charge in [0.15, 0.2) is 5.78 Å². The lowest BCUT2D eigenvalue weighted by Crippen LogP contribution is -2.07. The van der Waals surface area contributed by atoms with Gasteiger partial charge in [0.25, 0.3) is 0 Å². The second-order valence-corrected chi connectivity index (χ2v) is 5.34. The lowest BCUT2D eigenvalue weighted by Gasteiger charge is -2.09. The number of carbonyl (C=O) groups excluding carboxylic acids is 1. The SMILES string of the molecule is N#CCc1cccc(Nc2ncc3c(n2)CCCCC3=O)c1. The van der Waals surface area contributed by atoms with Gasteiger partial charge in [0, 0.05) is 18.3 Å². The average molecular weight is 292 g/mol. The summed E-state index contributed by atoms with van der Waals surface area (Å²) in [5.74, 6) is 0.623. The van der Waals surface area contributed by atoms with Crippen LogP contribution in [0.1, 0.15) is 40.9 Å². The molecule has 110 valence electrons. The minimum absolute atomic E-state index is 0.134. The van der Waals surface area contributed by atoms with Gasteiger partial charge in [-0.05, 0) is 37.0 Å². The Bertz CT molecular complexity index is 749. The number of carbonyl (C=O) groups is 1. The van der Waals surface area contributed by atoms with Gasteiger partial charge in [0.1, 0.15) is 0 Å². The molecule has 0 fully saturated rings. The van der Waals surface area contributed by atoms with Gasteiger partial charge in [-0.1, -0.05) is 12.1 Å². The molecule has 0 saturated heterocycles. The molecule has 1 N–H and O–H groups in total. The Labute approximate surface area is 129 Å². The molecule has 22 heavy (non-hydrogen) atoms. The minimum Gasteiger partial charge on any atom is -0.324 e. The van der Waals surface area contributed by atoms with Gasteiger partial charge >= 0.3 is 0 Å².